The molecule has 17 heavy (non-hydrogen) atoms. The molecule has 0 aliphatic rings. The summed E-state index contributed by atoms with van der Waals surface area (Å²) in [4.78, 5) is 4.46. The first-order chi connectivity index (χ1) is 8.08. The Morgan fingerprint density at radius 2 is 2.00 bits per heavy atom. The lowest BCUT2D eigenvalue weighted by molar-refractivity contribution is 0.607. The van der Waals surface area contributed by atoms with Crippen LogP contribution in [0, 0.1) is 6.92 Å². The van der Waals surface area contributed by atoms with Gasteiger partial charge in [-0.3, -0.25) is 0 Å². The predicted octanol–water partition coefficient (Wildman–Crippen LogP) is 4.17. The molecule has 4 heteroatoms. The molecule has 2 rings (SSSR count). The van der Waals surface area contributed by atoms with Crippen LogP contribution in [0.4, 0.5) is 11.6 Å². The number of aryl methyl sites for hydroxylation is 1. The van der Waals surface area contributed by atoms with Gasteiger partial charge in [0.2, 0.25) is 5.95 Å². The van der Waals surface area contributed by atoms with Gasteiger partial charge >= 0.3 is 0 Å². The number of aromatic nitrogens is 2. The van der Waals surface area contributed by atoms with Crippen LogP contribution in [0.5, 0.6) is 0 Å². The fourth-order valence-electron chi connectivity index (χ4n) is 1.69. The van der Waals surface area contributed by atoms with Crippen molar-refractivity contribution in [2.75, 3.05) is 5.32 Å². The van der Waals surface area contributed by atoms with Gasteiger partial charge in [-0.1, -0.05) is 23.7 Å². The summed E-state index contributed by atoms with van der Waals surface area (Å²) >= 11 is 6.11. The highest BCUT2D eigenvalue weighted by Gasteiger charge is 2.09. The average molecular weight is 250 g/mol. The van der Waals surface area contributed by atoms with E-state index in [1.165, 1.54) is 0 Å². The van der Waals surface area contributed by atoms with Crippen LogP contribution >= 0.6 is 11.6 Å². The van der Waals surface area contributed by atoms with Gasteiger partial charge in [0.05, 0.1) is 16.4 Å². The summed E-state index contributed by atoms with van der Waals surface area (Å²) in [6.45, 7) is 6.23. The molecule has 0 unspecified atom stereocenters. The number of benzene rings is 1. The number of imidazole rings is 1. The smallest absolute Gasteiger partial charge is 0.207 e. The van der Waals surface area contributed by atoms with E-state index in [1.807, 2.05) is 37.4 Å². The molecule has 1 aromatic heterocycles. The van der Waals surface area contributed by atoms with E-state index in [9.17, 15) is 0 Å². The van der Waals surface area contributed by atoms with Gasteiger partial charge in [0.15, 0.2) is 0 Å². The van der Waals surface area contributed by atoms with Crippen LogP contribution in [0.15, 0.2) is 30.5 Å². The first kappa shape index (κ1) is 12.0. The highest BCUT2D eigenvalue weighted by Crippen LogP contribution is 2.25. The second kappa shape index (κ2) is 4.80. The Labute approximate surface area is 106 Å². The molecule has 0 saturated carbocycles. The molecule has 90 valence electrons. The molecule has 1 N–H and O–H groups in total. The third-order valence-electron chi connectivity index (χ3n) is 2.53. The fourth-order valence-corrected chi connectivity index (χ4v) is 1.87. The lowest BCUT2D eigenvalue weighted by Crippen LogP contribution is -2.05. The molecule has 0 aliphatic carbocycles. The number of para-hydroxylation sites is 1. The molecule has 0 saturated heterocycles. The van der Waals surface area contributed by atoms with E-state index in [4.69, 9.17) is 11.6 Å². The van der Waals surface area contributed by atoms with Crippen molar-refractivity contribution in [3.8, 4) is 0 Å². The summed E-state index contributed by atoms with van der Waals surface area (Å²) in [5.41, 5.74) is 1.87. The largest absolute Gasteiger partial charge is 0.324 e. The van der Waals surface area contributed by atoms with Crippen molar-refractivity contribution < 1.29 is 0 Å². The standard InChI is InChI=1S/C13H16ClN3/c1-9(2)17-8-10(3)15-13(17)16-12-7-5-4-6-11(12)14/h4-9H,1-3H3,(H,15,16). The zero-order valence-corrected chi connectivity index (χ0v) is 11.0. The Kier molecular flexibility index (Phi) is 3.38. The monoisotopic (exact) mass is 249 g/mol. The zero-order chi connectivity index (χ0) is 12.4. The summed E-state index contributed by atoms with van der Waals surface area (Å²) in [5, 5.41) is 3.96. The van der Waals surface area contributed by atoms with Crippen LogP contribution in [-0.2, 0) is 0 Å². The fraction of sp³-hybridized carbons (Fsp3) is 0.308. The van der Waals surface area contributed by atoms with Crippen LogP contribution in [0.25, 0.3) is 0 Å². The summed E-state index contributed by atoms with van der Waals surface area (Å²) in [5.74, 6) is 0.825. The molecule has 0 atom stereocenters. The SMILES string of the molecule is Cc1cn(C(C)C)c(Nc2ccccc2Cl)n1. The predicted molar refractivity (Wildman–Crippen MR) is 72.1 cm³/mol. The van der Waals surface area contributed by atoms with Crippen molar-refractivity contribution in [1.82, 2.24) is 9.55 Å². The molecule has 0 amide bonds. The molecule has 0 spiro atoms. The number of nitrogens with one attached hydrogen (secondary N) is 1. The molecule has 0 bridgehead atoms. The van der Waals surface area contributed by atoms with E-state index in [2.05, 4.69) is 28.7 Å². The molecular weight excluding hydrogens is 234 g/mol. The van der Waals surface area contributed by atoms with Crippen molar-refractivity contribution in [3.05, 3.63) is 41.2 Å². The molecule has 0 aliphatic heterocycles. The lowest BCUT2D eigenvalue weighted by Gasteiger charge is -2.13. The summed E-state index contributed by atoms with van der Waals surface area (Å²) < 4.78 is 2.10. The maximum Gasteiger partial charge on any atom is 0.207 e. The Hall–Kier alpha value is -1.48. The van der Waals surface area contributed by atoms with Gasteiger partial charge in [0.1, 0.15) is 0 Å². The third kappa shape index (κ3) is 2.61. The summed E-state index contributed by atoms with van der Waals surface area (Å²) in [7, 11) is 0. The zero-order valence-electron chi connectivity index (χ0n) is 10.2. The normalized spacial score (nSPS) is 10.9. The van der Waals surface area contributed by atoms with E-state index in [-0.39, 0.29) is 0 Å². The summed E-state index contributed by atoms with van der Waals surface area (Å²) in [6.07, 6.45) is 2.03. The minimum Gasteiger partial charge on any atom is -0.324 e. The van der Waals surface area contributed by atoms with Crippen molar-refractivity contribution in [1.29, 1.82) is 0 Å². The second-order valence-corrected chi connectivity index (χ2v) is 4.72. The van der Waals surface area contributed by atoms with Crippen LogP contribution in [-0.4, -0.2) is 9.55 Å². The van der Waals surface area contributed by atoms with E-state index in [0.717, 1.165) is 17.3 Å². The van der Waals surface area contributed by atoms with Crippen molar-refractivity contribution in [3.63, 3.8) is 0 Å². The van der Waals surface area contributed by atoms with Crippen molar-refractivity contribution >= 4 is 23.2 Å². The van der Waals surface area contributed by atoms with Gasteiger partial charge in [-0.25, -0.2) is 4.98 Å². The number of hydrogen-bond donors (Lipinski definition) is 1. The Morgan fingerprint density at radius 1 is 1.29 bits per heavy atom. The minimum atomic E-state index is 0.362. The van der Waals surface area contributed by atoms with Gasteiger partial charge in [0.25, 0.3) is 0 Å². The molecule has 1 heterocycles. The average Bonchev–Trinajstić information content (AvgIpc) is 2.63. The van der Waals surface area contributed by atoms with Gasteiger partial charge in [0, 0.05) is 12.2 Å². The first-order valence-corrected chi connectivity index (χ1v) is 6.02. The van der Waals surface area contributed by atoms with Crippen LogP contribution in [0.2, 0.25) is 5.02 Å². The van der Waals surface area contributed by atoms with Gasteiger partial charge in [-0.15, -0.1) is 0 Å². The highest BCUT2D eigenvalue weighted by molar-refractivity contribution is 6.33. The number of hydrogen-bond acceptors (Lipinski definition) is 2. The minimum absolute atomic E-state index is 0.362. The first-order valence-electron chi connectivity index (χ1n) is 5.65. The van der Waals surface area contributed by atoms with E-state index >= 15 is 0 Å². The maximum absolute atomic E-state index is 6.11. The second-order valence-electron chi connectivity index (χ2n) is 4.31. The molecule has 2 aromatic rings. The summed E-state index contributed by atoms with van der Waals surface area (Å²) in [6, 6.07) is 8.02. The molecular formula is C13H16ClN3. The Morgan fingerprint density at radius 3 is 2.65 bits per heavy atom. The van der Waals surface area contributed by atoms with E-state index in [1.54, 1.807) is 0 Å². The van der Waals surface area contributed by atoms with Gasteiger partial charge in [-0.05, 0) is 32.9 Å². The van der Waals surface area contributed by atoms with Gasteiger partial charge in [-0.2, -0.15) is 0 Å². The maximum atomic E-state index is 6.11. The van der Waals surface area contributed by atoms with Crippen molar-refractivity contribution in [2.45, 2.75) is 26.8 Å². The molecule has 0 radical (unpaired) electrons. The van der Waals surface area contributed by atoms with Crippen LogP contribution < -0.4 is 5.32 Å². The number of nitrogens with zero attached hydrogens (tertiary/aromatic N) is 2. The highest BCUT2D eigenvalue weighted by atomic mass is 35.5. The van der Waals surface area contributed by atoms with Gasteiger partial charge < -0.3 is 9.88 Å². The van der Waals surface area contributed by atoms with Crippen LogP contribution in [0.3, 0.4) is 0 Å². The van der Waals surface area contributed by atoms with Crippen molar-refractivity contribution in [2.24, 2.45) is 0 Å². The van der Waals surface area contributed by atoms with E-state index in [0.29, 0.717) is 11.1 Å². The Balaban J connectivity index is 2.33. The number of halogens is 1. The van der Waals surface area contributed by atoms with E-state index < -0.39 is 0 Å². The molecule has 0 fully saturated rings. The quantitative estimate of drug-likeness (QED) is 0.885. The van der Waals surface area contributed by atoms with Crippen LogP contribution in [0.1, 0.15) is 25.6 Å². The topological polar surface area (TPSA) is 29.9 Å². The Bertz CT molecular complexity index is 517. The lowest BCUT2D eigenvalue weighted by atomic mass is 10.3. The number of anilines is 2. The molecule has 3 nitrogen and oxygen atoms in total. The number of rotatable bonds is 3. The molecule has 1 aromatic carbocycles. The third-order valence-corrected chi connectivity index (χ3v) is 2.86.